The van der Waals surface area contributed by atoms with Crippen molar-refractivity contribution in [1.29, 1.82) is 0 Å². The van der Waals surface area contributed by atoms with E-state index in [0.29, 0.717) is 18.1 Å². The van der Waals surface area contributed by atoms with Crippen LogP contribution >= 0.6 is 12.2 Å². The fourth-order valence-corrected chi connectivity index (χ4v) is 3.71. The van der Waals surface area contributed by atoms with Crippen molar-refractivity contribution in [2.45, 2.75) is 19.4 Å². The monoisotopic (exact) mass is 284 g/mol. The minimum atomic E-state index is -3.07. The predicted molar refractivity (Wildman–Crippen MR) is 75.8 cm³/mol. The molecule has 0 amide bonds. The van der Waals surface area contributed by atoms with Crippen LogP contribution < -0.4 is 5.73 Å². The molecule has 0 bridgehead atoms. The van der Waals surface area contributed by atoms with E-state index in [9.17, 15) is 8.42 Å². The number of rotatable bonds is 3. The number of nitrogens with zero attached hydrogens (tertiary/aromatic N) is 1. The first kappa shape index (κ1) is 13.5. The first-order valence-electron chi connectivity index (χ1n) is 5.85. The second-order valence-electron chi connectivity index (χ2n) is 4.42. The molecule has 0 aromatic heterocycles. The lowest BCUT2D eigenvalue weighted by molar-refractivity contribution is 0.378. The summed E-state index contributed by atoms with van der Waals surface area (Å²) in [5, 5.41) is 0. The Morgan fingerprint density at radius 3 is 2.50 bits per heavy atom. The molecule has 1 aliphatic rings. The second kappa shape index (κ2) is 5.34. The van der Waals surface area contributed by atoms with Crippen LogP contribution in [0.5, 0.6) is 0 Å². The summed E-state index contributed by atoms with van der Waals surface area (Å²) in [6.45, 7) is 1.04. The van der Waals surface area contributed by atoms with Crippen molar-refractivity contribution < 1.29 is 8.42 Å². The topological polar surface area (TPSA) is 63.4 Å². The van der Waals surface area contributed by atoms with Gasteiger partial charge in [-0.25, -0.2) is 8.42 Å². The lowest BCUT2D eigenvalue weighted by Gasteiger charge is -2.26. The van der Waals surface area contributed by atoms with Crippen LogP contribution in [0.2, 0.25) is 0 Å². The summed E-state index contributed by atoms with van der Waals surface area (Å²) in [5.74, 6) is 0.262. The fraction of sp³-hybridized carbons (Fsp3) is 0.417. The lowest BCUT2D eigenvalue weighted by Crippen LogP contribution is -2.37. The van der Waals surface area contributed by atoms with E-state index < -0.39 is 10.0 Å². The van der Waals surface area contributed by atoms with Crippen molar-refractivity contribution >= 4 is 27.2 Å². The van der Waals surface area contributed by atoms with Crippen molar-refractivity contribution in [3.8, 4) is 0 Å². The summed E-state index contributed by atoms with van der Waals surface area (Å²) in [5.41, 5.74) is 7.28. The molecule has 0 radical (unpaired) electrons. The van der Waals surface area contributed by atoms with Gasteiger partial charge in [-0.3, -0.25) is 0 Å². The zero-order valence-electron chi connectivity index (χ0n) is 10.0. The fourth-order valence-electron chi connectivity index (χ4n) is 2.00. The standard InChI is InChI=1S/C12H16N2O2S2/c13-12(17)11-5-3-10(4-6-11)9-14-7-1-2-8-18(14,15)16/h3-6H,1-2,7-9H2,(H2,13,17). The van der Waals surface area contributed by atoms with Gasteiger partial charge in [0.15, 0.2) is 0 Å². The van der Waals surface area contributed by atoms with Crippen molar-refractivity contribution in [3.05, 3.63) is 35.4 Å². The third kappa shape index (κ3) is 3.07. The van der Waals surface area contributed by atoms with Gasteiger partial charge in [0.25, 0.3) is 0 Å². The van der Waals surface area contributed by atoms with Gasteiger partial charge in [0.1, 0.15) is 4.99 Å². The smallest absolute Gasteiger partial charge is 0.214 e. The highest BCUT2D eigenvalue weighted by Gasteiger charge is 2.25. The maximum atomic E-state index is 11.8. The highest BCUT2D eigenvalue weighted by Crippen LogP contribution is 2.17. The van der Waals surface area contributed by atoms with Crippen LogP contribution in [0.15, 0.2) is 24.3 Å². The van der Waals surface area contributed by atoms with Gasteiger partial charge in [-0.2, -0.15) is 4.31 Å². The summed E-state index contributed by atoms with van der Waals surface area (Å²) in [7, 11) is -3.07. The number of hydrogen-bond acceptors (Lipinski definition) is 3. The molecule has 18 heavy (non-hydrogen) atoms. The van der Waals surface area contributed by atoms with E-state index in [-0.39, 0.29) is 5.75 Å². The largest absolute Gasteiger partial charge is 0.389 e. The van der Waals surface area contributed by atoms with Crippen molar-refractivity contribution in [3.63, 3.8) is 0 Å². The molecule has 0 unspecified atom stereocenters. The number of sulfonamides is 1. The molecule has 1 aromatic rings. The first-order chi connectivity index (χ1) is 8.49. The highest BCUT2D eigenvalue weighted by molar-refractivity contribution is 7.89. The molecule has 0 spiro atoms. The van der Waals surface area contributed by atoms with Crippen LogP contribution in [-0.2, 0) is 16.6 Å². The Balaban J connectivity index is 2.11. The summed E-state index contributed by atoms with van der Waals surface area (Å²) in [6.07, 6.45) is 1.70. The van der Waals surface area contributed by atoms with E-state index in [1.807, 2.05) is 24.3 Å². The molecule has 0 saturated carbocycles. The van der Waals surface area contributed by atoms with Gasteiger partial charge in [0.2, 0.25) is 10.0 Å². The van der Waals surface area contributed by atoms with Gasteiger partial charge >= 0.3 is 0 Å². The molecule has 1 aromatic carbocycles. The molecule has 2 rings (SSSR count). The van der Waals surface area contributed by atoms with Gasteiger partial charge in [0.05, 0.1) is 5.75 Å². The Labute approximate surface area is 113 Å². The Morgan fingerprint density at radius 1 is 1.28 bits per heavy atom. The average Bonchev–Trinajstić information content (AvgIpc) is 2.32. The van der Waals surface area contributed by atoms with E-state index >= 15 is 0 Å². The minimum Gasteiger partial charge on any atom is -0.389 e. The van der Waals surface area contributed by atoms with Crippen LogP contribution in [0.25, 0.3) is 0 Å². The van der Waals surface area contributed by atoms with Crippen molar-refractivity contribution in [2.24, 2.45) is 5.73 Å². The normalized spacial score (nSPS) is 19.6. The summed E-state index contributed by atoms with van der Waals surface area (Å²) in [6, 6.07) is 7.40. The maximum absolute atomic E-state index is 11.8. The Morgan fingerprint density at radius 2 is 1.94 bits per heavy atom. The molecule has 4 nitrogen and oxygen atoms in total. The SMILES string of the molecule is NC(=S)c1ccc(CN2CCCCS2(=O)=O)cc1. The maximum Gasteiger partial charge on any atom is 0.214 e. The Kier molecular flexibility index (Phi) is 3.99. The molecular formula is C12H16N2O2S2. The van der Waals surface area contributed by atoms with Crippen LogP contribution in [-0.4, -0.2) is 30.0 Å². The highest BCUT2D eigenvalue weighted by atomic mass is 32.2. The van der Waals surface area contributed by atoms with Crippen LogP contribution in [0.4, 0.5) is 0 Å². The summed E-state index contributed by atoms with van der Waals surface area (Å²) >= 11 is 4.87. The van der Waals surface area contributed by atoms with E-state index in [1.165, 1.54) is 0 Å². The van der Waals surface area contributed by atoms with Gasteiger partial charge in [-0.1, -0.05) is 36.5 Å². The predicted octanol–water partition coefficient (Wildman–Crippen LogP) is 1.25. The molecule has 0 atom stereocenters. The molecule has 1 fully saturated rings. The number of hydrogen-bond donors (Lipinski definition) is 1. The molecular weight excluding hydrogens is 268 g/mol. The number of nitrogens with two attached hydrogens (primary N) is 1. The molecule has 2 N–H and O–H groups in total. The summed E-state index contributed by atoms with van der Waals surface area (Å²) in [4.78, 5) is 0.354. The third-order valence-corrected chi connectivity index (χ3v) is 5.19. The Hall–Kier alpha value is -0.980. The van der Waals surface area contributed by atoms with Crippen LogP contribution in [0.3, 0.4) is 0 Å². The van der Waals surface area contributed by atoms with Gasteiger partial charge < -0.3 is 5.73 Å². The molecule has 0 aliphatic carbocycles. The van der Waals surface area contributed by atoms with E-state index in [0.717, 1.165) is 24.0 Å². The average molecular weight is 284 g/mol. The van der Waals surface area contributed by atoms with E-state index in [4.69, 9.17) is 18.0 Å². The number of thiocarbonyl (C=S) groups is 1. The van der Waals surface area contributed by atoms with Crippen LogP contribution in [0, 0.1) is 0 Å². The van der Waals surface area contributed by atoms with E-state index in [2.05, 4.69) is 0 Å². The van der Waals surface area contributed by atoms with Crippen LogP contribution in [0.1, 0.15) is 24.0 Å². The third-order valence-electron chi connectivity index (χ3n) is 3.05. The number of benzene rings is 1. The minimum absolute atomic E-state index is 0.262. The van der Waals surface area contributed by atoms with Gasteiger partial charge in [-0.05, 0) is 18.4 Å². The second-order valence-corrected chi connectivity index (χ2v) is 6.95. The summed E-state index contributed by atoms with van der Waals surface area (Å²) < 4.78 is 25.2. The Bertz CT molecular complexity index is 538. The quantitative estimate of drug-likeness (QED) is 0.848. The molecule has 6 heteroatoms. The first-order valence-corrected chi connectivity index (χ1v) is 7.87. The zero-order chi connectivity index (χ0) is 13.2. The van der Waals surface area contributed by atoms with Crippen molar-refractivity contribution in [2.75, 3.05) is 12.3 Å². The zero-order valence-corrected chi connectivity index (χ0v) is 11.6. The van der Waals surface area contributed by atoms with Gasteiger partial charge in [-0.15, -0.1) is 0 Å². The van der Waals surface area contributed by atoms with Gasteiger partial charge in [0, 0.05) is 18.7 Å². The molecule has 1 aliphatic heterocycles. The molecule has 98 valence electrons. The van der Waals surface area contributed by atoms with Crippen molar-refractivity contribution in [1.82, 2.24) is 4.31 Å². The molecule has 1 heterocycles. The molecule has 1 saturated heterocycles. The lowest BCUT2D eigenvalue weighted by atomic mass is 10.1. The van der Waals surface area contributed by atoms with E-state index in [1.54, 1.807) is 4.31 Å².